The van der Waals surface area contributed by atoms with E-state index in [-0.39, 0.29) is 17.9 Å². The molecule has 0 radical (unpaired) electrons. The molecule has 0 unspecified atom stereocenters. The van der Waals surface area contributed by atoms with Crippen molar-refractivity contribution < 1.29 is 9.31 Å². The van der Waals surface area contributed by atoms with Gasteiger partial charge in [-0.05, 0) is 18.2 Å². The topological polar surface area (TPSA) is 72.5 Å². The van der Waals surface area contributed by atoms with Crippen molar-refractivity contribution in [1.82, 2.24) is 9.38 Å². The summed E-state index contributed by atoms with van der Waals surface area (Å²) >= 11 is 0. The molecule has 1 N–H and O–H groups in total. The second-order valence-electron chi connectivity index (χ2n) is 4.47. The number of hydrogen-bond donors (Lipinski definition) is 1. The summed E-state index contributed by atoms with van der Waals surface area (Å²) in [4.78, 5) is 14.5. The van der Waals surface area contributed by atoms with Crippen molar-refractivity contribution >= 4 is 17.0 Å². The Morgan fingerprint density at radius 1 is 1.33 bits per heavy atom. The smallest absolute Gasteiger partial charge is 0.271 e. The number of nitro groups is 1. The molecule has 1 aromatic carbocycles. The Balaban J connectivity index is 1.80. The predicted molar refractivity (Wildman–Crippen MR) is 75.6 cm³/mol. The number of halogens is 1. The summed E-state index contributed by atoms with van der Waals surface area (Å²) in [5, 5.41) is 13.5. The minimum Gasteiger partial charge on any atom is -0.377 e. The molecule has 0 atom stereocenters. The Bertz CT molecular complexity index is 783. The summed E-state index contributed by atoms with van der Waals surface area (Å²) in [6.45, 7) is 0.278. The second-order valence-corrected chi connectivity index (χ2v) is 4.47. The lowest BCUT2D eigenvalue weighted by atomic mass is 10.2. The van der Waals surface area contributed by atoms with Crippen LogP contribution in [0, 0.1) is 15.9 Å². The lowest BCUT2D eigenvalue weighted by Gasteiger charge is -2.05. The Kier molecular flexibility index (Phi) is 3.23. The fourth-order valence-corrected chi connectivity index (χ4v) is 2.02. The van der Waals surface area contributed by atoms with E-state index in [2.05, 4.69) is 10.3 Å². The first-order valence-electron chi connectivity index (χ1n) is 6.24. The molecule has 2 heterocycles. The second kappa shape index (κ2) is 5.20. The summed E-state index contributed by atoms with van der Waals surface area (Å²) in [5.41, 5.74) is 1.43. The molecular weight excluding hydrogens is 275 g/mol. The number of pyridine rings is 1. The first-order chi connectivity index (χ1) is 10.1. The van der Waals surface area contributed by atoms with Gasteiger partial charge in [0.1, 0.15) is 11.5 Å². The standard InChI is InChI=1S/C14H11FN4O2/c15-12-5-4-11(19(20)21)7-13(12)16-8-10-9-18-6-2-1-3-14(18)17-10/h1-7,9,16H,8H2. The van der Waals surface area contributed by atoms with Crippen molar-refractivity contribution in [2.75, 3.05) is 5.32 Å². The number of fused-ring (bicyclic) bond motifs is 1. The van der Waals surface area contributed by atoms with Gasteiger partial charge >= 0.3 is 0 Å². The molecule has 3 aromatic rings. The van der Waals surface area contributed by atoms with Gasteiger partial charge in [-0.2, -0.15) is 0 Å². The number of nitrogens with one attached hydrogen (secondary N) is 1. The molecule has 0 saturated carbocycles. The van der Waals surface area contributed by atoms with Crippen LogP contribution in [0.15, 0.2) is 48.8 Å². The van der Waals surface area contributed by atoms with Gasteiger partial charge in [0.25, 0.3) is 5.69 Å². The van der Waals surface area contributed by atoms with Crippen LogP contribution >= 0.6 is 0 Å². The summed E-state index contributed by atoms with van der Waals surface area (Å²) in [6.07, 6.45) is 3.68. The molecular formula is C14H11FN4O2. The van der Waals surface area contributed by atoms with Gasteiger partial charge in [0.2, 0.25) is 0 Å². The highest BCUT2D eigenvalue weighted by molar-refractivity contribution is 5.52. The first kappa shape index (κ1) is 13.0. The van der Waals surface area contributed by atoms with Crippen molar-refractivity contribution in [3.05, 3.63) is 70.4 Å². The van der Waals surface area contributed by atoms with Crippen LogP contribution in [0.2, 0.25) is 0 Å². The maximum Gasteiger partial charge on any atom is 0.271 e. The molecule has 0 saturated heterocycles. The van der Waals surface area contributed by atoms with Crippen LogP contribution in [0.1, 0.15) is 5.69 Å². The zero-order valence-corrected chi connectivity index (χ0v) is 10.9. The molecule has 2 aromatic heterocycles. The quantitative estimate of drug-likeness (QED) is 0.591. The monoisotopic (exact) mass is 286 g/mol. The number of nitrogens with zero attached hydrogens (tertiary/aromatic N) is 3. The number of nitro benzene ring substituents is 1. The van der Waals surface area contributed by atoms with Gasteiger partial charge in [0.15, 0.2) is 0 Å². The molecule has 0 amide bonds. The largest absolute Gasteiger partial charge is 0.377 e. The molecule has 21 heavy (non-hydrogen) atoms. The van der Waals surface area contributed by atoms with Crippen LogP contribution in [0.25, 0.3) is 5.65 Å². The Morgan fingerprint density at radius 2 is 2.19 bits per heavy atom. The third-order valence-electron chi connectivity index (χ3n) is 3.03. The van der Waals surface area contributed by atoms with Gasteiger partial charge in [0, 0.05) is 24.5 Å². The van der Waals surface area contributed by atoms with E-state index < -0.39 is 10.7 Å². The summed E-state index contributed by atoms with van der Waals surface area (Å²) in [7, 11) is 0. The zero-order chi connectivity index (χ0) is 14.8. The van der Waals surface area contributed by atoms with Gasteiger partial charge in [-0.15, -0.1) is 0 Å². The highest BCUT2D eigenvalue weighted by atomic mass is 19.1. The van der Waals surface area contributed by atoms with Crippen LogP contribution in [0.4, 0.5) is 15.8 Å². The molecule has 0 aliphatic heterocycles. The molecule has 7 heteroatoms. The first-order valence-corrected chi connectivity index (χ1v) is 6.24. The van der Waals surface area contributed by atoms with E-state index in [1.165, 1.54) is 6.07 Å². The Labute approximate surface area is 119 Å². The van der Waals surface area contributed by atoms with Gasteiger partial charge in [-0.1, -0.05) is 6.07 Å². The molecule has 3 rings (SSSR count). The number of non-ortho nitro benzene ring substituents is 1. The van der Waals surface area contributed by atoms with Crippen LogP contribution in [-0.2, 0) is 6.54 Å². The molecule has 0 spiro atoms. The number of rotatable bonds is 4. The minimum absolute atomic E-state index is 0.0845. The summed E-state index contributed by atoms with van der Waals surface area (Å²) in [5.74, 6) is -0.538. The maximum atomic E-state index is 13.6. The SMILES string of the molecule is O=[N+]([O-])c1ccc(F)c(NCc2cn3ccccc3n2)c1. The third-order valence-corrected chi connectivity index (χ3v) is 3.03. The lowest BCUT2D eigenvalue weighted by molar-refractivity contribution is -0.384. The van der Waals surface area contributed by atoms with Gasteiger partial charge in [0.05, 0.1) is 22.8 Å². The molecule has 0 aliphatic carbocycles. The van der Waals surface area contributed by atoms with Gasteiger partial charge in [-0.25, -0.2) is 9.37 Å². The fourth-order valence-electron chi connectivity index (χ4n) is 2.02. The van der Waals surface area contributed by atoms with E-state index >= 15 is 0 Å². The number of hydrogen-bond acceptors (Lipinski definition) is 4. The van der Waals surface area contributed by atoms with Gasteiger partial charge in [-0.3, -0.25) is 10.1 Å². The molecule has 0 fully saturated rings. The number of imidazole rings is 1. The fraction of sp³-hybridized carbons (Fsp3) is 0.0714. The van der Waals surface area contributed by atoms with Crippen molar-refractivity contribution in [3.63, 3.8) is 0 Å². The van der Waals surface area contributed by atoms with Crippen LogP contribution in [0.3, 0.4) is 0 Å². The number of benzene rings is 1. The minimum atomic E-state index is -0.560. The number of anilines is 1. The normalized spacial score (nSPS) is 10.7. The lowest BCUT2D eigenvalue weighted by Crippen LogP contribution is -2.02. The average Bonchev–Trinajstić information content (AvgIpc) is 2.89. The van der Waals surface area contributed by atoms with Crippen LogP contribution in [0.5, 0.6) is 0 Å². The zero-order valence-electron chi connectivity index (χ0n) is 10.9. The van der Waals surface area contributed by atoms with E-state index in [0.717, 1.165) is 17.8 Å². The summed E-state index contributed by atoms with van der Waals surface area (Å²) in [6, 6.07) is 8.99. The van der Waals surface area contributed by atoms with E-state index in [1.54, 1.807) is 0 Å². The van der Waals surface area contributed by atoms with Crippen molar-refractivity contribution in [1.29, 1.82) is 0 Å². The molecule has 106 valence electrons. The van der Waals surface area contributed by atoms with Crippen LogP contribution in [-0.4, -0.2) is 14.3 Å². The number of aromatic nitrogens is 2. The van der Waals surface area contributed by atoms with E-state index in [0.29, 0.717) is 5.69 Å². The Hall–Kier alpha value is -2.96. The Morgan fingerprint density at radius 3 is 2.95 bits per heavy atom. The predicted octanol–water partition coefficient (Wildman–Crippen LogP) is 2.99. The average molecular weight is 286 g/mol. The van der Waals surface area contributed by atoms with Crippen molar-refractivity contribution in [2.45, 2.75) is 6.54 Å². The van der Waals surface area contributed by atoms with Gasteiger partial charge < -0.3 is 9.72 Å². The van der Waals surface area contributed by atoms with E-state index in [1.807, 2.05) is 35.0 Å². The van der Waals surface area contributed by atoms with Crippen molar-refractivity contribution in [2.24, 2.45) is 0 Å². The molecule has 6 nitrogen and oxygen atoms in total. The highest BCUT2D eigenvalue weighted by Crippen LogP contribution is 2.21. The molecule has 0 aliphatic rings. The highest BCUT2D eigenvalue weighted by Gasteiger charge is 2.11. The van der Waals surface area contributed by atoms with E-state index in [4.69, 9.17) is 0 Å². The third kappa shape index (κ3) is 2.66. The molecule has 0 bridgehead atoms. The van der Waals surface area contributed by atoms with E-state index in [9.17, 15) is 14.5 Å². The maximum absolute atomic E-state index is 13.6. The van der Waals surface area contributed by atoms with Crippen LogP contribution < -0.4 is 5.32 Å². The van der Waals surface area contributed by atoms with Crippen molar-refractivity contribution in [3.8, 4) is 0 Å². The summed E-state index contributed by atoms with van der Waals surface area (Å²) < 4.78 is 15.5.